The minimum absolute atomic E-state index is 0.0657. The van der Waals surface area contributed by atoms with Crippen LogP contribution in [0.1, 0.15) is 34.5 Å². The number of phenols is 1. The first-order chi connectivity index (χ1) is 13.1. The first-order valence-corrected chi connectivity index (χ1v) is 9.74. The molecule has 3 aromatic carbocycles. The number of phenolic OH excluding ortho intramolecular Hbond substituents is 1. The Morgan fingerprint density at radius 3 is 2.30 bits per heavy atom. The van der Waals surface area contributed by atoms with E-state index in [1.54, 1.807) is 6.07 Å². The standard InChI is InChI=1S/C23H21BrN2O/c1-15-6-8-16(9-7-15)20-14-21(19-4-2-3-5-22(19)27)26-23(25-20)17-10-12-18(24)13-11-17/h2-14,21,23,25-27H,1H3. The topological polar surface area (TPSA) is 44.3 Å². The molecular formula is C23H21BrN2O. The SMILES string of the molecule is Cc1ccc(C2=CC(c3ccccc3O)NC(c3ccc(Br)cc3)N2)cc1. The predicted octanol–water partition coefficient (Wildman–Crippen LogP) is 5.44. The highest BCUT2D eigenvalue weighted by Gasteiger charge is 2.25. The lowest BCUT2D eigenvalue weighted by Crippen LogP contribution is -2.39. The molecule has 0 saturated heterocycles. The van der Waals surface area contributed by atoms with E-state index in [0.717, 1.165) is 26.9 Å². The molecule has 0 saturated carbocycles. The number of nitrogens with one attached hydrogen (secondary N) is 2. The molecule has 1 heterocycles. The van der Waals surface area contributed by atoms with Crippen molar-refractivity contribution in [1.29, 1.82) is 0 Å². The van der Waals surface area contributed by atoms with Crippen LogP contribution in [-0.2, 0) is 0 Å². The van der Waals surface area contributed by atoms with Crippen molar-refractivity contribution in [3.05, 3.63) is 106 Å². The fourth-order valence-electron chi connectivity index (χ4n) is 3.32. The normalized spacial score (nSPS) is 19.3. The van der Waals surface area contributed by atoms with E-state index in [2.05, 4.69) is 76.0 Å². The van der Waals surface area contributed by atoms with Crippen LogP contribution in [0.4, 0.5) is 0 Å². The van der Waals surface area contributed by atoms with E-state index in [1.165, 1.54) is 5.56 Å². The molecule has 3 N–H and O–H groups in total. The number of aromatic hydroxyl groups is 1. The highest BCUT2D eigenvalue weighted by molar-refractivity contribution is 9.10. The maximum Gasteiger partial charge on any atom is 0.120 e. The van der Waals surface area contributed by atoms with Gasteiger partial charge in [0.25, 0.3) is 0 Å². The molecule has 1 aliphatic heterocycles. The molecule has 2 atom stereocenters. The lowest BCUT2D eigenvalue weighted by atomic mass is 9.97. The van der Waals surface area contributed by atoms with Gasteiger partial charge in [-0.15, -0.1) is 0 Å². The number of rotatable bonds is 3. The van der Waals surface area contributed by atoms with Crippen molar-refractivity contribution >= 4 is 21.6 Å². The molecule has 4 rings (SSSR count). The molecular weight excluding hydrogens is 400 g/mol. The fraction of sp³-hybridized carbons (Fsp3) is 0.130. The monoisotopic (exact) mass is 420 g/mol. The average Bonchev–Trinajstić information content (AvgIpc) is 2.69. The van der Waals surface area contributed by atoms with Gasteiger partial charge in [0.1, 0.15) is 11.9 Å². The van der Waals surface area contributed by atoms with Crippen molar-refractivity contribution in [3.8, 4) is 5.75 Å². The van der Waals surface area contributed by atoms with Crippen molar-refractivity contribution in [1.82, 2.24) is 10.6 Å². The molecule has 4 heteroatoms. The maximum absolute atomic E-state index is 10.4. The smallest absolute Gasteiger partial charge is 0.120 e. The summed E-state index contributed by atoms with van der Waals surface area (Å²) in [5, 5.41) is 17.5. The summed E-state index contributed by atoms with van der Waals surface area (Å²) in [4.78, 5) is 0. The van der Waals surface area contributed by atoms with Crippen molar-refractivity contribution < 1.29 is 5.11 Å². The molecule has 0 aromatic heterocycles. The van der Waals surface area contributed by atoms with Gasteiger partial charge in [-0.25, -0.2) is 0 Å². The molecule has 0 radical (unpaired) electrons. The van der Waals surface area contributed by atoms with Gasteiger partial charge in [0.05, 0.1) is 6.04 Å². The molecule has 0 spiro atoms. The van der Waals surface area contributed by atoms with Crippen LogP contribution in [0.5, 0.6) is 5.75 Å². The minimum atomic E-state index is -0.0996. The molecule has 27 heavy (non-hydrogen) atoms. The molecule has 3 aromatic rings. The van der Waals surface area contributed by atoms with Gasteiger partial charge in [-0.1, -0.05) is 76.1 Å². The molecule has 136 valence electrons. The summed E-state index contributed by atoms with van der Waals surface area (Å²) in [5.74, 6) is 0.297. The number of halogens is 1. The third-order valence-corrected chi connectivity index (χ3v) is 5.35. The fourth-order valence-corrected chi connectivity index (χ4v) is 3.58. The number of hydrogen-bond acceptors (Lipinski definition) is 3. The van der Waals surface area contributed by atoms with Crippen LogP contribution in [0, 0.1) is 6.92 Å². The Hall–Kier alpha value is -2.56. The Morgan fingerprint density at radius 1 is 0.889 bits per heavy atom. The van der Waals surface area contributed by atoms with Crippen LogP contribution < -0.4 is 10.6 Å². The number of para-hydroxylation sites is 1. The summed E-state index contributed by atoms with van der Waals surface area (Å²) in [6.07, 6.45) is 2.07. The van der Waals surface area contributed by atoms with E-state index in [-0.39, 0.29) is 12.2 Å². The zero-order valence-electron chi connectivity index (χ0n) is 15.0. The molecule has 0 bridgehead atoms. The molecule has 1 aliphatic rings. The summed E-state index contributed by atoms with van der Waals surface area (Å²) < 4.78 is 1.05. The lowest BCUT2D eigenvalue weighted by molar-refractivity contribution is 0.419. The van der Waals surface area contributed by atoms with Gasteiger partial charge in [0.2, 0.25) is 0 Å². The Kier molecular flexibility index (Phi) is 5.01. The van der Waals surface area contributed by atoms with E-state index in [4.69, 9.17) is 0 Å². The van der Waals surface area contributed by atoms with E-state index < -0.39 is 0 Å². The van der Waals surface area contributed by atoms with E-state index in [9.17, 15) is 5.11 Å². The highest BCUT2D eigenvalue weighted by atomic mass is 79.9. The highest BCUT2D eigenvalue weighted by Crippen LogP contribution is 2.33. The van der Waals surface area contributed by atoms with Gasteiger partial charge in [-0.05, 0) is 42.3 Å². The molecule has 0 fully saturated rings. The zero-order valence-corrected chi connectivity index (χ0v) is 16.6. The molecule has 3 nitrogen and oxygen atoms in total. The van der Waals surface area contributed by atoms with E-state index in [1.807, 2.05) is 30.3 Å². The number of benzene rings is 3. The van der Waals surface area contributed by atoms with Crippen LogP contribution >= 0.6 is 15.9 Å². The Morgan fingerprint density at radius 2 is 1.59 bits per heavy atom. The summed E-state index contributed by atoms with van der Waals surface area (Å²) in [5.41, 5.74) is 5.41. The second-order valence-corrected chi connectivity index (χ2v) is 7.69. The number of aryl methyl sites for hydroxylation is 1. The van der Waals surface area contributed by atoms with Gasteiger partial charge < -0.3 is 10.4 Å². The Labute approximate surface area is 167 Å². The third-order valence-electron chi connectivity index (χ3n) is 4.82. The van der Waals surface area contributed by atoms with Gasteiger partial charge in [0.15, 0.2) is 0 Å². The third kappa shape index (κ3) is 3.92. The van der Waals surface area contributed by atoms with E-state index in [0.29, 0.717) is 5.75 Å². The predicted molar refractivity (Wildman–Crippen MR) is 113 cm³/mol. The Bertz CT molecular complexity index is 964. The number of hydrogen-bond donors (Lipinski definition) is 3. The van der Waals surface area contributed by atoms with Gasteiger partial charge in [-0.3, -0.25) is 5.32 Å². The van der Waals surface area contributed by atoms with Crippen LogP contribution in [0.3, 0.4) is 0 Å². The van der Waals surface area contributed by atoms with Crippen molar-refractivity contribution in [2.24, 2.45) is 0 Å². The van der Waals surface area contributed by atoms with Gasteiger partial charge in [-0.2, -0.15) is 0 Å². The maximum atomic E-state index is 10.4. The molecule has 0 aliphatic carbocycles. The van der Waals surface area contributed by atoms with Crippen molar-refractivity contribution in [2.45, 2.75) is 19.1 Å². The van der Waals surface area contributed by atoms with Crippen molar-refractivity contribution in [3.63, 3.8) is 0 Å². The lowest BCUT2D eigenvalue weighted by Gasteiger charge is -2.33. The van der Waals surface area contributed by atoms with Gasteiger partial charge >= 0.3 is 0 Å². The summed E-state index contributed by atoms with van der Waals surface area (Å²) in [7, 11) is 0. The first kappa shape index (κ1) is 17.8. The van der Waals surface area contributed by atoms with Gasteiger partial charge in [0, 0.05) is 15.7 Å². The second-order valence-electron chi connectivity index (χ2n) is 6.78. The summed E-state index contributed by atoms with van der Waals surface area (Å²) in [6, 6.07) is 24.1. The zero-order chi connectivity index (χ0) is 18.8. The summed E-state index contributed by atoms with van der Waals surface area (Å²) in [6.45, 7) is 2.09. The van der Waals surface area contributed by atoms with Crippen LogP contribution in [-0.4, -0.2) is 5.11 Å². The van der Waals surface area contributed by atoms with Crippen LogP contribution in [0.2, 0.25) is 0 Å². The second kappa shape index (κ2) is 7.59. The van der Waals surface area contributed by atoms with Crippen LogP contribution in [0.25, 0.3) is 5.70 Å². The first-order valence-electron chi connectivity index (χ1n) is 8.95. The molecule has 0 amide bonds. The van der Waals surface area contributed by atoms with Crippen LogP contribution in [0.15, 0.2) is 83.3 Å². The Balaban J connectivity index is 1.75. The largest absolute Gasteiger partial charge is 0.508 e. The summed E-state index contributed by atoms with van der Waals surface area (Å²) >= 11 is 3.50. The van der Waals surface area contributed by atoms with Crippen molar-refractivity contribution in [2.75, 3.05) is 0 Å². The quantitative estimate of drug-likeness (QED) is 0.528. The molecule has 2 unspecified atom stereocenters. The van der Waals surface area contributed by atoms with E-state index >= 15 is 0 Å². The minimum Gasteiger partial charge on any atom is -0.508 e. The average molecular weight is 421 g/mol.